The number of unbranched alkanes of at least 4 members (excludes halogenated alkanes) is 1. The number of hydrogen-bond donors (Lipinski definition) is 1. The van der Waals surface area contributed by atoms with Crippen LogP contribution in [0, 0.1) is 0 Å². The molecule has 0 unspecified atom stereocenters. The molecule has 2 aliphatic rings. The first-order chi connectivity index (χ1) is 19.3. The Morgan fingerprint density at radius 1 is 0.850 bits per heavy atom. The number of carbonyl (C=O) groups is 2. The number of piperazine rings is 1. The van der Waals surface area contributed by atoms with Crippen molar-refractivity contribution in [2.24, 2.45) is 0 Å². The lowest BCUT2D eigenvalue weighted by molar-refractivity contribution is -0.141. The maximum Gasteiger partial charge on any atom is 0.405 e. The van der Waals surface area contributed by atoms with E-state index in [1.807, 2.05) is 65.6 Å². The predicted octanol–water partition coefficient (Wildman–Crippen LogP) is 4.58. The van der Waals surface area contributed by atoms with Crippen LogP contribution in [0.4, 0.5) is 13.2 Å². The standard InChI is InChI=1S/C31H33F3N4O2/c32-31(33,34)22-36-29(40)30(26-9-3-1-7-24(26)25-8-2-4-10-27(25)30)13-5-6-16-37-17-19-38(20-18-37)28(39)21-23-11-14-35-15-12-23/h1-4,7-12,14-15H,5-6,13,16-22H2,(H,36,40). The molecule has 210 valence electrons. The zero-order chi connectivity index (χ0) is 28.2. The predicted molar refractivity (Wildman–Crippen MR) is 147 cm³/mol. The topological polar surface area (TPSA) is 65.5 Å². The molecule has 5 rings (SSSR count). The number of nitrogens with one attached hydrogen (secondary N) is 1. The van der Waals surface area contributed by atoms with Crippen LogP contribution in [0.1, 0.15) is 36.0 Å². The van der Waals surface area contributed by atoms with Gasteiger partial charge in [-0.25, -0.2) is 0 Å². The second-order valence-corrected chi connectivity index (χ2v) is 10.5. The molecule has 6 nitrogen and oxygen atoms in total. The Morgan fingerprint density at radius 3 is 2.05 bits per heavy atom. The lowest BCUT2D eigenvalue weighted by Gasteiger charge is -2.35. The summed E-state index contributed by atoms with van der Waals surface area (Å²) in [7, 11) is 0. The Bertz CT molecular complexity index is 1290. The molecule has 40 heavy (non-hydrogen) atoms. The highest BCUT2D eigenvalue weighted by molar-refractivity contribution is 6.00. The maximum absolute atomic E-state index is 13.6. The highest BCUT2D eigenvalue weighted by Crippen LogP contribution is 2.51. The number of amides is 2. The van der Waals surface area contributed by atoms with Crippen molar-refractivity contribution in [3.63, 3.8) is 0 Å². The number of fused-ring (bicyclic) bond motifs is 3. The molecule has 2 amide bonds. The van der Waals surface area contributed by atoms with E-state index in [-0.39, 0.29) is 5.91 Å². The molecule has 1 aliphatic heterocycles. The van der Waals surface area contributed by atoms with Crippen LogP contribution in [0.3, 0.4) is 0 Å². The Morgan fingerprint density at radius 2 is 1.45 bits per heavy atom. The number of alkyl halides is 3. The molecule has 1 aliphatic carbocycles. The second kappa shape index (κ2) is 11.8. The second-order valence-electron chi connectivity index (χ2n) is 10.5. The first kappa shape index (κ1) is 27.8. The number of hydrogen-bond acceptors (Lipinski definition) is 4. The fraction of sp³-hybridized carbons (Fsp3) is 0.387. The third kappa shape index (κ3) is 5.89. The van der Waals surface area contributed by atoms with Gasteiger partial charge in [-0.2, -0.15) is 13.2 Å². The summed E-state index contributed by atoms with van der Waals surface area (Å²) in [6.45, 7) is 2.30. The van der Waals surface area contributed by atoms with E-state index in [4.69, 9.17) is 0 Å². The highest BCUT2D eigenvalue weighted by Gasteiger charge is 2.49. The molecule has 9 heteroatoms. The molecular weight excluding hydrogens is 517 g/mol. The van der Waals surface area contributed by atoms with Gasteiger partial charge in [-0.05, 0) is 59.3 Å². The minimum Gasteiger partial charge on any atom is -0.346 e. The molecular formula is C31H33F3N4O2. The van der Waals surface area contributed by atoms with Gasteiger partial charge in [-0.15, -0.1) is 0 Å². The fourth-order valence-corrected chi connectivity index (χ4v) is 6.02. The van der Waals surface area contributed by atoms with E-state index in [2.05, 4.69) is 15.2 Å². The van der Waals surface area contributed by atoms with Crippen molar-refractivity contribution in [3.8, 4) is 11.1 Å². The lowest BCUT2D eigenvalue weighted by atomic mass is 9.73. The molecule has 2 aromatic carbocycles. The molecule has 1 aromatic heterocycles. The molecule has 0 radical (unpaired) electrons. The van der Waals surface area contributed by atoms with Gasteiger partial charge >= 0.3 is 6.18 Å². The maximum atomic E-state index is 13.6. The quantitative estimate of drug-likeness (QED) is 0.396. The van der Waals surface area contributed by atoms with E-state index in [1.54, 1.807) is 12.4 Å². The van der Waals surface area contributed by atoms with Crippen molar-refractivity contribution < 1.29 is 22.8 Å². The van der Waals surface area contributed by atoms with Gasteiger partial charge in [0.2, 0.25) is 11.8 Å². The average Bonchev–Trinajstić information content (AvgIpc) is 3.25. The number of carbonyl (C=O) groups excluding carboxylic acids is 2. The fourth-order valence-electron chi connectivity index (χ4n) is 6.02. The normalized spacial score (nSPS) is 16.3. The minimum atomic E-state index is -4.49. The summed E-state index contributed by atoms with van der Waals surface area (Å²) in [5.74, 6) is -0.500. The van der Waals surface area contributed by atoms with Gasteiger partial charge in [-0.3, -0.25) is 19.5 Å². The van der Waals surface area contributed by atoms with Crippen LogP contribution in [-0.2, 0) is 21.4 Å². The van der Waals surface area contributed by atoms with Gasteiger partial charge in [-0.1, -0.05) is 55.0 Å². The van der Waals surface area contributed by atoms with Crippen LogP contribution >= 0.6 is 0 Å². The molecule has 3 aromatic rings. The Labute approximate surface area is 232 Å². The van der Waals surface area contributed by atoms with Gasteiger partial charge < -0.3 is 10.2 Å². The summed E-state index contributed by atoms with van der Waals surface area (Å²) >= 11 is 0. The largest absolute Gasteiger partial charge is 0.405 e. The zero-order valence-electron chi connectivity index (χ0n) is 22.3. The van der Waals surface area contributed by atoms with Crippen LogP contribution in [0.25, 0.3) is 11.1 Å². The number of nitrogens with zero attached hydrogens (tertiary/aromatic N) is 3. The molecule has 0 bridgehead atoms. The lowest BCUT2D eigenvalue weighted by Crippen LogP contribution is -2.49. The summed E-state index contributed by atoms with van der Waals surface area (Å²) in [6.07, 6.45) is 1.13. The third-order valence-corrected chi connectivity index (χ3v) is 8.01. The Kier molecular flexibility index (Phi) is 8.21. The van der Waals surface area contributed by atoms with Gasteiger partial charge in [0.25, 0.3) is 0 Å². The van der Waals surface area contributed by atoms with Crippen molar-refractivity contribution in [1.29, 1.82) is 0 Å². The number of pyridine rings is 1. The van der Waals surface area contributed by atoms with E-state index in [0.717, 1.165) is 53.9 Å². The van der Waals surface area contributed by atoms with E-state index in [1.165, 1.54) is 0 Å². The van der Waals surface area contributed by atoms with Crippen molar-refractivity contribution in [3.05, 3.63) is 89.7 Å². The van der Waals surface area contributed by atoms with E-state index in [9.17, 15) is 22.8 Å². The van der Waals surface area contributed by atoms with Crippen LogP contribution < -0.4 is 5.32 Å². The van der Waals surface area contributed by atoms with Crippen molar-refractivity contribution >= 4 is 11.8 Å². The monoisotopic (exact) mass is 550 g/mol. The summed E-state index contributed by atoms with van der Waals surface area (Å²) in [5.41, 5.74) is 3.09. The molecule has 0 saturated carbocycles. The Balaban J connectivity index is 1.22. The number of aromatic nitrogens is 1. The van der Waals surface area contributed by atoms with E-state index >= 15 is 0 Å². The molecule has 1 saturated heterocycles. The number of rotatable bonds is 9. The summed E-state index contributed by atoms with van der Waals surface area (Å²) < 4.78 is 39.2. The van der Waals surface area contributed by atoms with E-state index < -0.39 is 24.0 Å². The molecule has 0 spiro atoms. The van der Waals surface area contributed by atoms with Crippen molar-refractivity contribution in [1.82, 2.24) is 20.1 Å². The highest BCUT2D eigenvalue weighted by atomic mass is 19.4. The van der Waals surface area contributed by atoms with Crippen LogP contribution in [0.2, 0.25) is 0 Å². The third-order valence-electron chi connectivity index (χ3n) is 8.01. The first-order valence-electron chi connectivity index (χ1n) is 13.7. The molecule has 2 heterocycles. The summed E-state index contributed by atoms with van der Waals surface area (Å²) in [6, 6.07) is 18.8. The van der Waals surface area contributed by atoms with Crippen LogP contribution in [-0.4, -0.2) is 72.0 Å². The summed E-state index contributed by atoms with van der Waals surface area (Å²) in [4.78, 5) is 34.5. The average molecular weight is 551 g/mol. The van der Waals surface area contributed by atoms with Gasteiger partial charge in [0.1, 0.15) is 12.0 Å². The Hall–Kier alpha value is -3.72. The molecule has 0 atom stereocenters. The molecule has 1 N–H and O–H groups in total. The number of halogens is 3. The van der Waals surface area contributed by atoms with Gasteiger partial charge in [0.15, 0.2) is 0 Å². The number of benzene rings is 2. The summed E-state index contributed by atoms with van der Waals surface area (Å²) in [5, 5.41) is 2.19. The van der Waals surface area contributed by atoms with Crippen molar-refractivity contribution in [2.45, 2.75) is 37.3 Å². The van der Waals surface area contributed by atoms with Gasteiger partial charge in [0.05, 0.1) is 6.42 Å². The minimum absolute atomic E-state index is 0.108. The zero-order valence-corrected chi connectivity index (χ0v) is 22.3. The smallest absolute Gasteiger partial charge is 0.346 e. The van der Waals surface area contributed by atoms with Crippen LogP contribution in [0.15, 0.2) is 73.1 Å². The van der Waals surface area contributed by atoms with Crippen molar-refractivity contribution in [2.75, 3.05) is 39.3 Å². The molecule has 1 fully saturated rings. The van der Waals surface area contributed by atoms with Crippen LogP contribution in [0.5, 0.6) is 0 Å². The van der Waals surface area contributed by atoms with Gasteiger partial charge in [0, 0.05) is 38.6 Å². The first-order valence-corrected chi connectivity index (χ1v) is 13.7. The SMILES string of the molecule is O=C(Cc1ccncc1)N1CCN(CCCCC2(C(=O)NCC(F)(F)F)c3ccccc3-c3ccccc32)CC1. The van der Waals surface area contributed by atoms with E-state index in [0.29, 0.717) is 32.4 Å².